The van der Waals surface area contributed by atoms with Crippen molar-refractivity contribution in [1.29, 1.82) is 0 Å². The predicted octanol–water partition coefficient (Wildman–Crippen LogP) is -0.281. The van der Waals surface area contributed by atoms with Gasteiger partial charge in [0.25, 0.3) is 0 Å². The number of nitrogens with zero attached hydrogens (tertiary/aromatic N) is 2. The highest BCUT2D eigenvalue weighted by molar-refractivity contribution is 5.97. The summed E-state index contributed by atoms with van der Waals surface area (Å²) in [6, 6.07) is -5.69. The molecule has 0 spiro atoms. The predicted molar refractivity (Wildman–Crippen MR) is 173 cm³/mol. The average Bonchev–Trinajstić information content (AvgIpc) is 3.68. The number of hydrogen-bond donors (Lipinski definition) is 6. The molecule has 6 atom stereocenters. The summed E-state index contributed by atoms with van der Waals surface area (Å²) in [5.74, 6) is -4.40. The largest absolute Gasteiger partial charge is 0.480 e. The Bertz CT molecular complexity index is 1160. The first-order chi connectivity index (χ1) is 22.0. The van der Waals surface area contributed by atoms with Crippen molar-refractivity contribution in [1.82, 2.24) is 31.1 Å². The SMILES string of the molecule is CC(C)C[C@H](NC(=O)[C@H](C)NC(=O)[C@@H]1CCCN1C(=O)[C@H](CC(C)C)NC(=O)[C@@H](NC(=O)CN)C(C)C)C(=O)N1CCC[C@H]1C(=O)O. The standard InChI is InChI=1S/C32H55N7O8/c1-17(2)14-21(31(45)39-13-9-11-24(39)32(46)47)35-27(41)20(7)34-28(42)23-10-8-12-38(23)30(44)22(15-18(3)4)36-29(43)26(19(5)6)37-25(40)16-33/h17-24,26H,8-16,33H2,1-7H3,(H,34,42)(H,35,41)(H,36,43)(H,37,40)(H,46,47)/t20-,21-,22-,23-,24-,26-/m0/s1. The highest BCUT2D eigenvalue weighted by Crippen LogP contribution is 2.22. The highest BCUT2D eigenvalue weighted by Gasteiger charge is 2.41. The fraction of sp³-hybridized carbons (Fsp3) is 0.781. The van der Waals surface area contributed by atoms with E-state index in [0.717, 1.165) is 0 Å². The zero-order valence-electron chi connectivity index (χ0n) is 28.8. The molecular weight excluding hydrogens is 610 g/mol. The van der Waals surface area contributed by atoms with Gasteiger partial charge >= 0.3 is 5.97 Å². The summed E-state index contributed by atoms with van der Waals surface area (Å²) in [5, 5.41) is 20.3. The van der Waals surface area contributed by atoms with Crippen molar-refractivity contribution in [2.45, 2.75) is 123 Å². The van der Waals surface area contributed by atoms with Gasteiger partial charge in [-0.15, -0.1) is 0 Å². The second kappa shape index (κ2) is 18.0. The molecule has 0 saturated carbocycles. The van der Waals surface area contributed by atoms with E-state index in [1.165, 1.54) is 16.7 Å². The summed E-state index contributed by atoms with van der Waals surface area (Å²) in [4.78, 5) is 93.3. The van der Waals surface area contributed by atoms with Crippen LogP contribution in [0.4, 0.5) is 0 Å². The first-order valence-corrected chi connectivity index (χ1v) is 16.7. The van der Waals surface area contributed by atoms with Gasteiger partial charge < -0.3 is 41.9 Å². The molecular formula is C32H55N7O8. The number of nitrogens with two attached hydrogens (primary N) is 1. The summed E-state index contributed by atoms with van der Waals surface area (Å²) in [7, 11) is 0. The Labute approximate surface area is 277 Å². The van der Waals surface area contributed by atoms with Gasteiger partial charge in [0.1, 0.15) is 36.3 Å². The van der Waals surface area contributed by atoms with Gasteiger partial charge in [-0.1, -0.05) is 41.5 Å². The van der Waals surface area contributed by atoms with Crippen LogP contribution in [-0.2, 0) is 33.6 Å². The summed E-state index contributed by atoms with van der Waals surface area (Å²) < 4.78 is 0. The maximum atomic E-state index is 13.8. The third-order valence-electron chi connectivity index (χ3n) is 8.51. The van der Waals surface area contributed by atoms with E-state index in [1.807, 2.05) is 27.7 Å². The van der Waals surface area contributed by atoms with E-state index in [2.05, 4.69) is 21.3 Å². The van der Waals surface area contributed by atoms with E-state index in [0.29, 0.717) is 32.1 Å². The van der Waals surface area contributed by atoms with Gasteiger partial charge in [-0.25, -0.2) is 4.79 Å². The molecule has 0 aliphatic carbocycles. The second-order valence-corrected chi connectivity index (χ2v) is 13.8. The van der Waals surface area contributed by atoms with E-state index in [-0.39, 0.29) is 43.8 Å². The van der Waals surface area contributed by atoms with Gasteiger partial charge in [-0.05, 0) is 63.2 Å². The molecule has 15 nitrogen and oxygen atoms in total. The molecule has 0 radical (unpaired) electrons. The van der Waals surface area contributed by atoms with Crippen LogP contribution in [0, 0.1) is 17.8 Å². The number of carbonyl (C=O) groups is 7. The molecule has 7 N–H and O–H groups in total. The number of rotatable bonds is 16. The van der Waals surface area contributed by atoms with E-state index >= 15 is 0 Å². The minimum absolute atomic E-state index is 0.0186. The van der Waals surface area contributed by atoms with E-state index in [9.17, 15) is 38.7 Å². The zero-order chi connectivity index (χ0) is 35.6. The molecule has 2 rings (SSSR count). The van der Waals surface area contributed by atoms with Gasteiger partial charge in [-0.3, -0.25) is 28.8 Å². The quantitative estimate of drug-likeness (QED) is 0.127. The molecule has 266 valence electrons. The number of likely N-dealkylation sites (tertiary alicyclic amines) is 2. The van der Waals surface area contributed by atoms with Gasteiger partial charge in [0.2, 0.25) is 35.4 Å². The lowest BCUT2D eigenvalue weighted by Crippen LogP contribution is -2.59. The van der Waals surface area contributed by atoms with Crippen LogP contribution in [0.1, 0.15) is 87.0 Å². The van der Waals surface area contributed by atoms with Crippen LogP contribution in [0.15, 0.2) is 0 Å². The first-order valence-electron chi connectivity index (χ1n) is 16.7. The van der Waals surface area contributed by atoms with Gasteiger partial charge in [0.15, 0.2) is 0 Å². The summed E-state index contributed by atoms with van der Waals surface area (Å²) >= 11 is 0. The third-order valence-corrected chi connectivity index (χ3v) is 8.51. The maximum absolute atomic E-state index is 13.8. The van der Waals surface area contributed by atoms with Crippen LogP contribution in [0.3, 0.4) is 0 Å². The molecule has 2 aliphatic rings. The number of amides is 6. The van der Waals surface area contributed by atoms with Gasteiger partial charge in [0.05, 0.1) is 6.54 Å². The Hall–Kier alpha value is -3.75. The molecule has 0 aromatic rings. The smallest absolute Gasteiger partial charge is 0.326 e. The number of nitrogens with one attached hydrogen (secondary N) is 4. The van der Waals surface area contributed by atoms with E-state index < -0.39 is 77.7 Å². The van der Waals surface area contributed by atoms with Crippen molar-refractivity contribution >= 4 is 41.4 Å². The summed E-state index contributed by atoms with van der Waals surface area (Å²) in [6.07, 6.45) is 2.38. The third kappa shape index (κ3) is 11.2. The molecule has 0 aromatic carbocycles. The molecule has 2 saturated heterocycles. The summed E-state index contributed by atoms with van der Waals surface area (Å²) in [5.41, 5.74) is 5.41. The lowest BCUT2D eigenvalue weighted by Gasteiger charge is -2.32. The van der Waals surface area contributed by atoms with Crippen molar-refractivity contribution in [3.8, 4) is 0 Å². The fourth-order valence-corrected chi connectivity index (χ4v) is 6.08. The monoisotopic (exact) mass is 665 g/mol. The van der Waals surface area contributed by atoms with Crippen LogP contribution in [-0.4, -0.2) is 112 Å². The average molecular weight is 666 g/mol. The Kier molecular flexibility index (Phi) is 15.1. The van der Waals surface area contributed by atoms with E-state index in [1.54, 1.807) is 13.8 Å². The molecule has 6 amide bonds. The second-order valence-electron chi connectivity index (χ2n) is 13.8. The molecule has 47 heavy (non-hydrogen) atoms. The van der Waals surface area contributed by atoms with Crippen LogP contribution in [0.5, 0.6) is 0 Å². The first kappa shape index (κ1) is 39.4. The minimum Gasteiger partial charge on any atom is -0.480 e. The number of carbonyl (C=O) groups excluding carboxylic acids is 6. The Morgan fingerprint density at radius 1 is 0.702 bits per heavy atom. The van der Waals surface area contributed by atoms with Gasteiger partial charge in [0, 0.05) is 13.1 Å². The van der Waals surface area contributed by atoms with Crippen molar-refractivity contribution in [2.75, 3.05) is 19.6 Å². The number of carboxylic acid groups (broad SMARTS) is 1. The molecule has 0 unspecified atom stereocenters. The lowest BCUT2D eigenvalue weighted by atomic mass is 9.99. The highest BCUT2D eigenvalue weighted by atomic mass is 16.4. The van der Waals surface area contributed by atoms with Crippen molar-refractivity contribution in [3.63, 3.8) is 0 Å². The fourth-order valence-electron chi connectivity index (χ4n) is 6.08. The lowest BCUT2D eigenvalue weighted by molar-refractivity contribution is -0.149. The van der Waals surface area contributed by atoms with Crippen molar-refractivity contribution in [3.05, 3.63) is 0 Å². The van der Waals surface area contributed by atoms with Crippen LogP contribution in [0.2, 0.25) is 0 Å². The van der Waals surface area contributed by atoms with Crippen molar-refractivity contribution < 1.29 is 38.7 Å². The molecule has 2 aliphatic heterocycles. The molecule has 2 heterocycles. The Morgan fingerprint density at radius 2 is 1.17 bits per heavy atom. The Balaban J connectivity index is 2.13. The molecule has 2 fully saturated rings. The number of carboxylic acids is 1. The van der Waals surface area contributed by atoms with Gasteiger partial charge in [-0.2, -0.15) is 0 Å². The van der Waals surface area contributed by atoms with Crippen LogP contribution in [0.25, 0.3) is 0 Å². The van der Waals surface area contributed by atoms with Crippen LogP contribution >= 0.6 is 0 Å². The summed E-state index contributed by atoms with van der Waals surface area (Å²) in [6.45, 7) is 12.9. The minimum atomic E-state index is -1.09. The topological polar surface area (TPSA) is 220 Å². The maximum Gasteiger partial charge on any atom is 0.326 e. The molecule has 0 aromatic heterocycles. The molecule has 15 heteroatoms. The zero-order valence-corrected chi connectivity index (χ0v) is 28.8. The normalized spacial score (nSPS) is 20.5. The number of aliphatic carboxylic acids is 1. The Morgan fingerprint density at radius 3 is 1.62 bits per heavy atom. The number of hydrogen-bond acceptors (Lipinski definition) is 8. The van der Waals surface area contributed by atoms with Crippen LogP contribution < -0.4 is 27.0 Å². The van der Waals surface area contributed by atoms with E-state index in [4.69, 9.17) is 5.73 Å². The molecule has 0 bridgehead atoms. The van der Waals surface area contributed by atoms with Crippen molar-refractivity contribution in [2.24, 2.45) is 23.5 Å².